The molecular formula is C20H22ClN3O4S. The van der Waals surface area contributed by atoms with Crippen molar-refractivity contribution >= 4 is 39.1 Å². The summed E-state index contributed by atoms with van der Waals surface area (Å²) in [6, 6.07) is 11.0. The lowest BCUT2D eigenvalue weighted by molar-refractivity contribution is -0.115. The van der Waals surface area contributed by atoms with E-state index in [1.807, 2.05) is 6.92 Å². The van der Waals surface area contributed by atoms with Gasteiger partial charge >= 0.3 is 0 Å². The zero-order valence-electron chi connectivity index (χ0n) is 15.9. The van der Waals surface area contributed by atoms with E-state index < -0.39 is 10.0 Å². The van der Waals surface area contributed by atoms with Crippen LogP contribution in [0.25, 0.3) is 0 Å². The normalized spacial score (nSPS) is 16.7. The van der Waals surface area contributed by atoms with Crippen molar-refractivity contribution in [2.24, 2.45) is 11.1 Å². The molecule has 1 saturated heterocycles. The Labute approximate surface area is 174 Å². The molecule has 3 N–H and O–H groups in total. The third kappa shape index (κ3) is 5.14. The van der Waals surface area contributed by atoms with Crippen LogP contribution in [-0.4, -0.2) is 38.2 Å². The summed E-state index contributed by atoms with van der Waals surface area (Å²) in [6.45, 7) is 3.17. The van der Waals surface area contributed by atoms with E-state index in [-0.39, 0.29) is 34.4 Å². The van der Waals surface area contributed by atoms with E-state index in [9.17, 15) is 18.0 Å². The fourth-order valence-electron chi connectivity index (χ4n) is 3.32. The molecule has 29 heavy (non-hydrogen) atoms. The van der Waals surface area contributed by atoms with Crippen LogP contribution in [0.2, 0.25) is 5.02 Å². The first-order chi connectivity index (χ1) is 13.6. The zero-order chi connectivity index (χ0) is 21.2. The molecule has 0 bridgehead atoms. The Hall–Kier alpha value is -2.42. The summed E-state index contributed by atoms with van der Waals surface area (Å²) >= 11 is 6.07. The smallest absolute Gasteiger partial charge is 0.255 e. The lowest BCUT2D eigenvalue weighted by Gasteiger charge is -2.18. The molecule has 9 heteroatoms. The molecule has 2 aromatic rings. The van der Waals surface area contributed by atoms with Gasteiger partial charge in [0.1, 0.15) is 0 Å². The van der Waals surface area contributed by atoms with Crippen molar-refractivity contribution in [3.8, 4) is 0 Å². The number of carbonyl (C=O) groups is 2. The number of amides is 2. The Morgan fingerprint density at radius 2 is 1.97 bits per heavy atom. The van der Waals surface area contributed by atoms with Gasteiger partial charge in [-0.25, -0.2) is 13.6 Å². The van der Waals surface area contributed by atoms with Gasteiger partial charge in [0.2, 0.25) is 15.9 Å². The summed E-state index contributed by atoms with van der Waals surface area (Å²) in [5.74, 6) is -0.390. The van der Waals surface area contributed by atoms with Crippen LogP contribution in [-0.2, 0) is 21.2 Å². The standard InChI is InChI=1S/C20H22ClN3O4S/c1-13-8-9-24(12-13)20(26)16-7-6-15(11-18(16)29(22,27)28)23-19(25)10-14-4-2-3-5-17(14)21/h2-7,11,13H,8-10,12H2,1H3,(H,23,25)(H2,22,27,28). The third-order valence-corrected chi connectivity index (χ3v) is 6.14. The molecule has 7 nitrogen and oxygen atoms in total. The van der Waals surface area contributed by atoms with Gasteiger partial charge in [0.15, 0.2) is 0 Å². The third-order valence-electron chi connectivity index (χ3n) is 4.82. The first kappa shape index (κ1) is 21.3. The van der Waals surface area contributed by atoms with Gasteiger partial charge in [0.25, 0.3) is 5.91 Å². The first-order valence-corrected chi connectivity index (χ1v) is 11.1. The van der Waals surface area contributed by atoms with Gasteiger partial charge in [-0.3, -0.25) is 9.59 Å². The molecule has 0 radical (unpaired) electrons. The predicted octanol–water partition coefficient (Wildman–Crippen LogP) is 2.65. The van der Waals surface area contributed by atoms with Crippen molar-refractivity contribution in [3.63, 3.8) is 0 Å². The summed E-state index contributed by atoms with van der Waals surface area (Å²) in [5, 5.41) is 8.43. The Bertz CT molecular complexity index is 1060. The highest BCUT2D eigenvalue weighted by Gasteiger charge is 2.28. The van der Waals surface area contributed by atoms with Crippen LogP contribution in [0.4, 0.5) is 5.69 Å². The number of hydrogen-bond acceptors (Lipinski definition) is 4. The minimum Gasteiger partial charge on any atom is -0.338 e. The fourth-order valence-corrected chi connectivity index (χ4v) is 4.28. The molecule has 1 fully saturated rings. The largest absolute Gasteiger partial charge is 0.338 e. The number of nitrogens with zero attached hydrogens (tertiary/aromatic N) is 1. The van der Waals surface area contributed by atoms with Gasteiger partial charge in [-0.15, -0.1) is 0 Å². The lowest BCUT2D eigenvalue weighted by Crippen LogP contribution is -2.30. The number of rotatable bonds is 5. The highest BCUT2D eigenvalue weighted by molar-refractivity contribution is 7.89. The maximum Gasteiger partial charge on any atom is 0.255 e. The zero-order valence-corrected chi connectivity index (χ0v) is 17.5. The number of primary sulfonamides is 1. The number of halogens is 1. The number of carbonyl (C=O) groups excluding carboxylic acids is 2. The predicted molar refractivity (Wildman–Crippen MR) is 111 cm³/mol. The summed E-state index contributed by atoms with van der Waals surface area (Å²) in [5.41, 5.74) is 0.886. The van der Waals surface area contributed by atoms with E-state index in [1.54, 1.807) is 29.2 Å². The number of anilines is 1. The van der Waals surface area contributed by atoms with Crippen molar-refractivity contribution in [2.75, 3.05) is 18.4 Å². The number of hydrogen-bond donors (Lipinski definition) is 2. The Kier molecular flexibility index (Phi) is 6.26. The topological polar surface area (TPSA) is 110 Å². The molecule has 1 atom stereocenters. The summed E-state index contributed by atoms with van der Waals surface area (Å²) < 4.78 is 24.2. The number of sulfonamides is 1. The average Bonchev–Trinajstić information content (AvgIpc) is 3.09. The van der Waals surface area contributed by atoms with E-state index in [2.05, 4.69) is 5.32 Å². The van der Waals surface area contributed by atoms with Gasteiger partial charge in [-0.1, -0.05) is 36.7 Å². The van der Waals surface area contributed by atoms with Gasteiger partial charge in [-0.2, -0.15) is 0 Å². The molecule has 1 unspecified atom stereocenters. The monoisotopic (exact) mass is 435 g/mol. The second-order valence-electron chi connectivity index (χ2n) is 7.22. The van der Waals surface area contributed by atoms with Crippen molar-refractivity contribution in [3.05, 3.63) is 58.6 Å². The van der Waals surface area contributed by atoms with Gasteiger partial charge < -0.3 is 10.2 Å². The molecule has 2 aromatic carbocycles. The molecule has 3 rings (SSSR count). The average molecular weight is 436 g/mol. The van der Waals surface area contributed by atoms with Crippen molar-refractivity contribution in [1.29, 1.82) is 0 Å². The number of likely N-dealkylation sites (tertiary alicyclic amines) is 1. The molecule has 1 aliphatic heterocycles. The van der Waals surface area contributed by atoms with Gasteiger partial charge in [0.05, 0.1) is 16.9 Å². The fraction of sp³-hybridized carbons (Fsp3) is 0.300. The van der Waals surface area contributed by atoms with Crippen LogP contribution in [0.3, 0.4) is 0 Å². The van der Waals surface area contributed by atoms with E-state index in [0.29, 0.717) is 29.6 Å². The number of benzene rings is 2. The van der Waals surface area contributed by atoms with Crippen molar-refractivity contribution in [2.45, 2.75) is 24.7 Å². The molecule has 0 aromatic heterocycles. The maximum atomic E-state index is 12.8. The minimum absolute atomic E-state index is 0.00528. The van der Waals surface area contributed by atoms with Crippen LogP contribution in [0.15, 0.2) is 47.4 Å². The Balaban J connectivity index is 1.83. The minimum atomic E-state index is -4.17. The van der Waals surface area contributed by atoms with Crippen molar-refractivity contribution < 1.29 is 18.0 Å². The number of nitrogens with one attached hydrogen (secondary N) is 1. The molecule has 2 amide bonds. The van der Waals surface area contributed by atoms with E-state index in [0.717, 1.165) is 6.42 Å². The SMILES string of the molecule is CC1CCN(C(=O)c2ccc(NC(=O)Cc3ccccc3Cl)cc2S(N)(=O)=O)C1. The highest BCUT2D eigenvalue weighted by atomic mass is 35.5. The second kappa shape index (κ2) is 8.52. The number of nitrogens with two attached hydrogens (primary N) is 1. The van der Waals surface area contributed by atoms with E-state index in [1.165, 1.54) is 18.2 Å². The van der Waals surface area contributed by atoms with Crippen LogP contribution in [0, 0.1) is 5.92 Å². The van der Waals surface area contributed by atoms with Gasteiger partial charge in [-0.05, 0) is 42.2 Å². The molecule has 0 saturated carbocycles. The molecule has 0 aliphatic carbocycles. The Morgan fingerprint density at radius 3 is 2.59 bits per heavy atom. The van der Waals surface area contributed by atoms with Crippen LogP contribution in [0.1, 0.15) is 29.3 Å². The van der Waals surface area contributed by atoms with E-state index >= 15 is 0 Å². The second-order valence-corrected chi connectivity index (χ2v) is 9.15. The summed E-state index contributed by atoms with van der Waals surface area (Å²) in [7, 11) is -4.17. The van der Waals surface area contributed by atoms with Gasteiger partial charge in [0, 0.05) is 23.8 Å². The van der Waals surface area contributed by atoms with Crippen LogP contribution in [0.5, 0.6) is 0 Å². The summed E-state index contributed by atoms with van der Waals surface area (Å²) in [4.78, 5) is 26.4. The molecule has 0 spiro atoms. The van der Waals surface area contributed by atoms with Crippen LogP contribution < -0.4 is 10.5 Å². The summed E-state index contributed by atoms with van der Waals surface area (Å²) in [6.07, 6.45) is 0.892. The van der Waals surface area contributed by atoms with Crippen LogP contribution >= 0.6 is 11.6 Å². The van der Waals surface area contributed by atoms with Crippen molar-refractivity contribution in [1.82, 2.24) is 4.90 Å². The quantitative estimate of drug-likeness (QED) is 0.752. The first-order valence-electron chi connectivity index (χ1n) is 9.14. The highest BCUT2D eigenvalue weighted by Crippen LogP contribution is 2.25. The molecule has 1 aliphatic rings. The molecule has 154 valence electrons. The van der Waals surface area contributed by atoms with E-state index in [4.69, 9.17) is 16.7 Å². The lowest BCUT2D eigenvalue weighted by atomic mass is 10.1. The Morgan fingerprint density at radius 1 is 1.24 bits per heavy atom. The molecule has 1 heterocycles. The molecular weight excluding hydrogens is 414 g/mol. The maximum absolute atomic E-state index is 12.8.